The van der Waals surface area contributed by atoms with E-state index in [9.17, 15) is 9.59 Å². The Labute approximate surface area is 175 Å². The maximum absolute atomic E-state index is 12.3. The number of carbonyl (C=O) groups is 2. The zero-order valence-electron chi connectivity index (χ0n) is 16.8. The summed E-state index contributed by atoms with van der Waals surface area (Å²) in [6.07, 6.45) is 1.04. The van der Waals surface area contributed by atoms with E-state index >= 15 is 0 Å². The zero-order chi connectivity index (χ0) is 20.8. The van der Waals surface area contributed by atoms with Crippen LogP contribution in [0.3, 0.4) is 0 Å². The molecular formula is C23H24N2O3S. The number of amides is 1. The van der Waals surface area contributed by atoms with Crippen molar-refractivity contribution >= 4 is 34.0 Å². The fourth-order valence-corrected chi connectivity index (χ4v) is 3.84. The van der Waals surface area contributed by atoms with E-state index in [1.807, 2.05) is 60.8 Å². The number of thiazole rings is 1. The standard InChI is InChI=1S/C23H24N2O3S/c1-4-19-7-5-6-8-21(19)25(17(3)26)23-24-20(15-29-23)14-28-22(27)13-18-11-9-16(2)10-12-18/h5-12,15H,4,13-14H2,1-3H3. The van der Waals surface area contributed by atoms with Crippen LogP contribution in [0.4, 0.5) is 10.8 Å². The van der Waals surface area contributed by atoms with Crippen LogP contribution in [0, 0.1) is 6.92 Å². The van der Waals surface area contributed by atoms with Gasteiger partial charge < -0.3 is 4.74 Å². The quantitative estimate of drug-likeness (QED) is 0.517. The molecule has 0 bridgehead atoms. The first-order valence-corrected chi connectivity index (χ1v) is 10.4. The van der Waals surface area contributed by atoms with Crippen molar-refractivity contribution in [3.8, 4) is 0 Å². The van der Waals surface area contributed by atoms with Gasteiger partial charge in [-0.2, -0.15) is 0 Å². The third-order valence-corrected chi connectivity index (χ3v) is 5.38. The topological polar surface area (TPSA) is 59.5 Å². The molecule has 0 saturated heterocycles. The van der Waals surface area contributed by atoms with Gasteiger partial charge in [0.1, 0.15) is 6.61 Å². The van der Waals surface area contributed by atoms with Crippen LogP contribution in [0.1, 0.15) is 36.2 Å². The van der Waals surface area contributed by atoms with Gasteiger partial charge in [0.15, 0.2) is 5.13 Å². The normalized spacial score (nSPS) is 10.6. The van der Waals surface area contributed by atoms with Gasteiger partial charge in [0.25, 0.3) is 0 Å². The van der Waals surface area contributed by atoms with Crippen molar-refractivity contribution in [3.05, 3.63) is 76.3 Å². The molecule has 0 fully saturated rings. The van der Waals surface area contributed by atoms with E-state index in [1.54, 1.807) is 4.90 Å². The number of ether oxygens (including phenoxy) is 1. The first kappa shape index (κ1) is 20.7. The Morgan fingerprint density at radius 2 is 1.83 bits per heavy atom. The van der Waals surface area contributed by atoms with E-state index in [2.05, 4.69) is 11.9 Å². The van der Waals surface area contributed by atoms with Crippen LogP contribution in [0.5, 0.6) is 0 Å². The van der Waals surface area contributed by atoms with Gasteiger partial charge in [0.2, 0.25) is 5.91 Å². The van der Waals surface area contributed by atoms with Gasteiger partial charge in [-0.15, -0.1) is 11.3 Å². The Hall–Kier alpha value is -2.99. The number of benzene rings is 2. The van der Waals surface area contributed by atoms with E-state index in [0.717, 1.165) is 28.8 Å². The highest BCUT2D eigenvalue weighted by Gasteiger charge is 2.20. The molecular weight excluding hydrogens is 384 g/mol. The Morgan fingerprint density at radius 3 is 2.52 bits per heavy atom. The van der Waals surface area contributed by atoms with E-state index in [1.165, 1.54) is 18.3 Å². The third-order valence-electron chi connectivity index (χ3n) is 4.51. The summed E-state index contributed by atoms with van der Waals surface area (Å²) in [5.41, 5.74) is 4.60. The molecule has 0 saturated carbocycles. The molecule has 0 atom stereocenters. The molecule has 150 valence electrons. The van der Waals surface area contributed by atoms with Gasteiger partial charge in [0.05, 0.1) is 17.8 Å². The van der Waals surface area contributed by atoms with Crippen molar-refractivity contribution < 1.29 is 14.3 Å². The second-order valence-corrected chi connectivity index (χ2v) is 7.62. The van der Waals surface area contributed by atoms with Crippen molar-refractivity contribution in [1.29, 1.82) is 0 Å². The number of nitrogens with zero attached hydrogens (tertiary/aromatic N) is 2. The number of esters is 1. The van der Waals surface area contributed by atoms with Gasteiger partial charge in [-0.25, -0.2) is 4.98 Å². The molecule has 0 spiro atoms. The fourth-order valence-electron chi connectivity index (χ4n) is 2.98. The highest BCUT2D eigenvalue weighted by molar-refractivity contribution is 7.14. The monoisotopic (exact) mass is 408 g/mol. The molecule has 0 aliphatic carbocycles. The highest BCUT2D eigenvalue weighted by Crippen LogP contribution is 2.31. The van der Waals surface area contributed by atoms with Crippen LogP contribution in [-0.2, 0) is 33.8 Å². The predicted octanol–water partition coefficient (Wildman–Crippen LogP) is 4.98. The first-order valence-electron chi connectivity index (χ1n) is 9.52. The number of anilines is 2. The average molecular weight is 409 g/mol. The number of aryl methyl sites for hydroxylation is 2. The third kappa shape index (κ3) is 5.29. The predicted molar refractivity (Wildman–Crippen MR) is 115 cm³/mol. The van der Waals surface area contributed by atoms with Crippen molar-refractivity contribution in [2.24, 2.45) is 0 Å². The van der Waals surface area contributed by atoms with Crippen LogP contribution in [0.25, 0.3) is 0 Å². The lowest BCUT2D eigenvalue weighted by Crippen LogP contribution is -2.23. The summed E-state index contributed by atoms with van der Waals surface area (Å²) in [5.74, 6) is -0.411. The number of hydrogen-bond acceptors (Lipinski definition) is 5. The Kier molecular flexibility index (Phi) is 6.77. The molecule has 1 amide bonds. The van der Waals surface area contributed by atoms with Gasteiger partial charge in [-0.05, 0) is 30.5 Å². The molecule has 6 heteroatoms. The lowest BCUT2D eigenvalue weighted by Gasteiger charge is -2.20. The van der Waals surface area contributed by atoms with Crippen molar-refractivity contribution in [1.82, 2.24) is 4.98 Å². The van der Waals surface area contributed by atoms with E-state index in [-0.39, 0.29) is 24.9 Å². The summed E-state index contributed by atoms with van der Waals surface area (Å²) in [5, 5.41) is 2.39. The zero-order valence-corrected chi connectivity index (χ0v) is 17.7. The summed E-state index contributed by atoms with van der Waals surface area (Å²) in [4.78, 5) is 30.6. The molecule has 0 aliphatic heterocycles. The second-order valence-electron chi connectivity index (χ2n) is 6.78. The second kappa shape index (κ2) is 9.47. The highest BCUT2D eigenvalue weighted by atomic mass is 32.1. The lowest BCUT2D eigenvalue weighted by molar-refractivity contribution is -0.144. The van der Waals surface area contributed by atoms with Gasteiger partial charge >= 0.3 is 5.97 Å². The Balaban J connectivity index is 1.68. The summed E-state index contributed by atoms with van der Waals surface area (Å²) >= 11 is 1.36. The van der Waals surface area contributed by atoms with E-state index < -0.39 is 0 Å². The number of aromatic nitrogens is 1. The molecule has 29 heavy (non-hydrogen) atoms. The lowest BCUT2D eigenvalue weighted by atomic mass is 10.1. The molecule has 0 aliphatic rings. The van der Waals surface area contributed by atoms with Crippen molar-refractivity contribution in [3.63, 3.8) is 0 Å². The molecule has 0 unspecified atom stereocenters. The molecule has 1 aromatic heterocycles. The molecule has 3 rings (SSSR count). The van der Waals surface area contributed by atoms with Crippen LogP contribution in [0.15, 0.2) is 53.9 Å². The molecule has 0 radical (unpaired) electrons. The van der Waals surface area contributed by atoms with E-state index in [4.69, 9.17) is 4.74 Å². The number of rotatable bonds is 7. The van der Waals surface area contributed by atoms with Crippen molar-refractivity contribution in [2.45, 2.75) is 40.2 Å². The van der Waals surface area contributed by atoms with Gasteiger partial charge in [-0.1, -0.05) is 55.0 Å². The van der Waals surface area contributed by atoms with Crippen LogP contribution < -0.4 is 4.90 Å². The average Bonchev–Trinajstić information content (AvgIpc) is 3.17. The minimum Gasteiger partial charge on any atom is -0.459 e. The number of para-hydroxylation sites is 1. The Bertz CT molecular complexity index is 995. The van der Waals surface area contributed by atoms with Crippen molar-refractivity contribution in [2.75, 3.05) is 4.90 Å². The minimum atomic E-state index is -0.303. The number of carbonyl (C=O) groups excluding carboxylic acids is 2. The van der Waals surface area contributed by atoms with Gasteiger partial charge in [0, 0.05) is 12.3 Å². The summed E-state index contributed by atoms with van der Waals surface area (Å²) in [7, 11) is 0. The van der Waals surface area contributed by atoms with Crippen LogP contribution in [-0.4, -0.2) is 16.9 Å². The molecule has 2 aromatic carbocycles. The van der Waals surface area contributed by atoms with Crippen LogP contribution in [0.2, 0.25) is 0 Å². The molecule has 5 nitrogen and oxygen atoms in total. The molecule has 3 aromatic rings. The molecule has 0 N–H and O–H groups in total. The van der Waals surface area contributed by atoms with E-state index in [0.29, 0.717) is 10.8 Å². The summed E-state index contributed by atoms with van der Waals surface area (Å²) < 4.78 is 5.37. The smallest absolute Gasteiger partial charge is 0.310 e. The summed E-state index contributed by atoms with van der Waals surface area (Å²) in [6, 6.07) is 15.6. The molecule has 1 heterocycles. The first-order chi connectivity index (χ1) is 14.0. The minimum absolute atomic E-state index is 0.0857. The number of hydrogen-bond donors (Lipinski definition) is 0. The fraction of sp³-hybridized carbons (Fsp3) is 0.261. The maximum Gasteiger partial charge on any atom is 0.310 e. The SMILES string of the molecule is CCc1ccccc1N(C(C)=O)c1nc(COC(=O)Cc2ccc(C)cc2)cs1. The largest absolute Gasteiger partial charge is 0.459 e. The van der Waals surface area contributed by atoms with Gasteiger partial charge in [-0.3, -0.25) is 14.5 Å². The van der Waals surface area contributed by atoms with Crippen LogP contribution >= 0.6 is 11.3 Å². The summed E-state index contributed by atoms with van der Waals surface area (Å²) in [6.45, 7) is 5.67. The maximum atomic E-state index is 12.3. The Morgan fingerprint density at radius 1 is 1.10 bits per heavy atom.